The lowest BCUT2D eigenvalue weighted by Gasteiger charge is -2.14. The molecule has 0 spiro atoms. The smallest absolute Gasteiger partial charge is 0.419 e. The molecular formula is C13H11F3O2S. The minimum absolute atomic E-state index is 0.0883. The molecule has 0 atom stereocenters. The van der Waals surface area contributed by atoms with E-state index in [2.05, 4.69) is 0 Å². The summed E-state index contributed by atoms with van der Waals surface area (Å²) in [6.45, 7) is -0.348. The van der Waals surface area contributed by atoms with Crippen LogP contribution in [0.1, 0.15) is 16.7 Å². The maximum Gasteiger partial charge on any atom is 0.419 e. The zero-order valence-corrected chi connectivity index (χ0v) is 10.6. The predicted molar refractivity (Wildman–Crippen MR) is 66.0 cm³/mol. The van der Waals surface area contributed by atoms with Gasteiger partial charge in [0.15, 0.2) is 0 Å². The highest BCUT2D eigenvalue weighted by molar-refractivity contribution is 7.07. The summed E-state index contributed by atoms with van der Waals surface area (Å²) in [6, 6.07) is 5.35. The molecule has 6 heteroatoms. The lowest BCUT2D eigenvalue weighted by atomic mass is 10.1. The van der Waals surface area contributed by atoms with E-state index in [0.717, 1.165) is 11.6 Å². The number of alkyl halides is 3. The normalized spacial score (nSPS) is 11.6. The summed E-state index contributed by atoms with van der Waals surface area (Å²) in [4.78, 5) is 0. The number of aliphatic hydroxyl groups excluding tert-OH is 1. The van der Waals surface area contributed by atoms with E-state index in [1.54, 1.807) is 6.07 Å². The Hall–Kier alpha value is -1.53. The molecule has 102 valence electrons. The highest BCUT2D eigenvalue weighted by Crippen LogP contribution is 2.37. The summed E-state index contributed by atoms with van der Waals surface area (Å²) in [5.41, 5.74) is 0.161. The molecular weight excluding hydrogens is 277 g/mol. The Kier molecular flexibility index (Phi) is 4.11. The van der Waals surface area contributed by atoms with Crippen LogP contribution in [0.5, 0.6) is 5.75 Å². The Labute approximate surface area is 112 Å². The fourth-order valence-electron chi connectivity index (χ4n) is 1.56. The van der Waals surface area contributed by atoms with Crippen molar-refractivity contribution in [2.45, 2.75) is 19.4 Å². The molecule has 2 rings (SSSR count). The Morgan fingerprint density at radius 1 is 1.16 bits per heavy atom. The molecule has 0 aliphatic heterocycles. The topological polar surface area (TPSA) is 29.5 Å². The van der Waals surface area contributed by atoms with Gasteiger partial charge in [0, 0.05) is 0 Å². The first-order chi connectivity index (χ1) is 9.00. The van der Waals surface area contributed by atoms with E-state index in [0.29, 0.717) is 0 Å². The quantitative estimate of drug-likeness (QED) is 0.926. The highest BCUT2D eigenvalue weighted by atomic mass is 32.1. The van der Waals surface area contributed by atoms with Crippen molar-refractivity contribution in [3.63, 3.8) is 0 Å². The fraction of sp³-hybridized carbons (Fsp3) is 0.231. The van der Waals surface area contributed by atoms with Gasteiger partial charge in [-0.1, -0.05) is 6.07 Å². The van der Waals surface area contributed by atoms with Crippen LogP contribution in [-0.2, 0) is 19.4 Å². The first-order valence-electron chi connectivity index (χ1n) is 5.45. The molecule has 1 aromatic heterocycles. The van der Waals surface area contributed by atoms with Crippen LogP contribution in [0.3, 0.4) is 0 Å². The molecule has 2 nitrogen and oxygen atoms in total. The lowest BCUT2D eigenvalue weighted by Crippen LogP contribution is -2.09. The fourth-order valence-corrected chi connectivity index (χ4v) is 2.21. The molecule has 0 aliphatic carbocycles. The van der Waals surface area contributed by atoms with E-state index in [1.165, 1.54) is 23.5 Å². The van der Waals surface area contributed by atoms with Crippen molar-refractivity contribution in [2.75, 3.05) is 0 Å². The second-order valence-electron chi connectivity index (χ2n) is 3.91. The summed E-state index contributed by atoms with van der Waals surface area (Å²) >= 11 is 1.46. The average molecular weight is 288 g/mol. The van der Waals surface area contributed by atoms with Gasteiger partial charge in [-0.15, -0.1) is 0 Å². The Bertz CT molecular complexity index is 535. The van der Waals surface area contributed by atoms with Crippen LogP contribution in [0.2, 0.25) is 0 Å². The molecule has 0 saturated carbocycles. The Balaban J connectivity index is 2.23. The minimum Gasteiger partial charge on any atom is -0.488 e. The van der Waals surface area contributed by atoms with Crippen molar-refractivity contribution >= 4 is 11.3 Å². The van der Waals surface area contributed by atoms with Gasteiger partial charge < -0.3 is 9.84 Å². The molecule has 1 heterocycles. The molecule has 0 radical (unpaired) electrons. The molecule has 19 heavy (non-hydrogen) atoms. The summed E-state index contributed by atoms with van der Waals surface area (Å²) < 4.78 is 43.8. The number of hydrogen-bond acceptors (Lipinski definition) is 3. The van der Waals surface area contributed by atoms with Gasteiger partial charge in [0.2, 0.25) is 0 Å². The van der Waals surface area contributed by atoms with Crippen LogP contribution in [0, 0.1) is 0 Å². The first kappa shape index (κ1) is 13.9. The zero-order chi connectivity index (χ0) is 13.9. The van der Waals surface area contributed by atoms with Crippen molar-refractivity contribution in [1.82, 2.24) is 0 Å². The number of halogens is 3. The monoisotopic (exact) mass is 288 g/mol. The number of benzene rings is 1. The summed E-state index contributed by atoms with van der Waals surface area (Å²) in [6.07, 6.45) is -4.50. The van der Waals surface area contributed by atoms with Crippen LogP contribution in [0.25, 0.3) is 0 Å². The number of thiophene rings is 1. The lowest BCUT2D eigenvalue weighted by molar-refractivity contribution is -0.139. The number of aliphatic hydroxyl groups is 1. The highest BCUT2D eigenvalue weighted by Gasteiger charge is 2.34. The maximum atomic E-state index is 12.9. The SMILES string of the molecule is OCc1ccc(OCc2ccsc2)c(C(F)(F)F)c1. The van der Waals surface area contributed by atoms with Crippen LogP contribution >= 0.6 is 11.3 Å². The standard InChI is InChI=1S/C13H11F3O2S/c14-13(15,16)11-5-9(6-17)1-2-12(11)18-7-10-3-4-19-8-10/h1-5,8,17H,6-7H2. The summed E-state index contributed by atoms with van der Waals surface area (Å²) in [7, 11) is 0. The molecule has 0 aliphatic rings. The van der Waals surface area contributed by atoms with Gasteiger partial charge in [0.1, 0.15) is 12.4 Å². The van der Waals surface area contributed by atoms with Gasteiger partial charge in [0.05, 0.1) is 12.2 Å². The average Bonchev–Trinajstić information content (AvgIpc) is 2.88. The third kappa shape index (κ3) is 3.48. The van der Waals surface area contributed by atoms with Gasteiger partial charge in [-0.25, -0.2) is 0 Å². The van der Waals surface area contributed by atoms with Crippen molar-refractivity contribution in [3.8, 4) is 5.75 Å². The van der Waals surface area contributed by atoms with Crippen molar-refractivity contribution < 1.29 is 23.0 Å². The van der Waals surface area contributed by atoms with E-state index < -0.39 is 18.3 Å². The molecule has 0 fully saturated rings. The van der Waals surface area contributed by atoms with Gasteiger partial charge >= 0.3 is 6.18 Å². The predicted octanol–water partition coefficient (Wildman–Crippen LogP) is 3.84. The third-order valence-corrected chi connectivity index (χ3v) is 3.24. The van der Waals surface area contributed by atoms with Gasteiger partial charge in [-0.05, 0) is 40.1 Å². The molecule has 1 N–H and O–H groups in total. The van der Waals surface area contributed by atoms with Crippen molar-refractivity contribution in [1.29, 1.82) is 0 Å². The second-order valence-corrected chi connectivity index (χ2v) is 4.69. The van der Waals surface area contributed by atoms with Crippen LogP contribution in [0.4, 0.5) is 13.2 Å². The summed E-state index contributed by atoms with van der Waals surface area (Å²) in [5.74, 6) is -0.226. The molecule has 0 saturated heterocycles. The van der Waals surface area contributed by atoms with Crippen molar-refractivity contribution in [3.05, 3.63) is 51.7 Å². The third-order valence-electron chi connectivity index (χ3n) is 2.51. The maximum absolute atomic E-state index is 12.9. The number of rotatable bonds is 4. The second kappa shape index (κ2) is 5.63. The molecule has 2 aromatic rings. The first-order valence-corrected chi connectivity index (χ1v) is 6.40. The Morgan fingerprint density at radius 2 is 1.95 bits per heavy atom. The molecule has 0 unspecified atom stereocenters. The van der Waals surface area contributed by atoms with Gasteiger partial charge in [0.25, 0.3) is 0 Å². The Morgan fingerprint density at radius 3 is 2.53 bits per heavy atom. The van der Waals surface area contributed by atoms with Gasteiger partial charge in [-0.2, -0.15) is 24.5 Å². The van der Waals surface area contributed by atoms with Crippen molar-refractivity contribution in [2.24, 2.45) is 0 Å². The minimum atomic E-state index is -4.50. The summed E-state index contributed by atoms with van der Waals surface area (Å²) in [5, 5.41) is 12.5. The molecule has 0 amide bonds. The van der Waals surface area contributed by atoms with E-state index in [-0.39, 0.29) is 17.9 Å². The molecule has 1 aromatic carbocycles. The van der Waals surface area contributed by atoms with E-state index >= 15 is 0 Å². The van der Waals surface area contributed by atoms with Crippen LogP contribution in [0.15, 0.2) is 35.0 Å². The number of hydrogen-bond donors (Lipinski definition) is 1. The van der Waals surface area contributed by atoms with Crippen LogP contribution < -0.4 is 4.74 Å². The zero-order valence-electron chi connectivity index (χ0n) is 9.78. The number of ether oxygens (including phenoxy) is 1. The van der Waals surface area contributed by atoms with E-state index in [9.17, 15) is 13.2 Å². The van der Waals surface area contributed by atoms with E-state index in [1.807, 2.05) is 10.8 Å². The largest absolute Gasteiger partial charge is 0.488 e. The van der Waals surface area contributed by atoms with E-state index in [4.69, 9.17) is 9.84 Å². The molecule has 0 bridgehead atoms. The van der Waals surface area contributed by atoms with Crippen LogP contribution in [-0.4, -0.2) is 5.11 Å². The van der Waals surface area contributed by atoms with Gasteiger partial charge in [-0.3, -0.25) is 0 Å².